The SMILES string of the molecule is CCn1nc(C)cc1C(=O)N1CCCC(C(=O)NC)(n2cccn2)C1. The van der Waals surface area contributed by atoms with E-state index in [1.807, 2.05) is 13.8 Å². The van der Waals surface area contributed by atoms with Crippen LogP contribution in [0.3, 0.4) is 0 Å². The highest BCUT2D eigenvalue weighted by atomic mass is 16.2. The van der Waals surface area contributed by atoms with Gasteiger partial charge < -0.3 is 10.2 Å². The maximum absolute atomic E-state index is 13.1. The monoisotopic (exact) mass is 344 g/mol. The first-order valence-electron chi connectivity index (χ1n) is 8.58. The first-order chi connectivity index (χ1) is 12.0. The van der Waals surface area contributed by atoms with E-state index in [1.54, 1.807) is 45.8 Å². The average molecular weight is 344 g/mol. The second kappa shape index (κ2) is 6.70. The molecule has 0 spiro atoms. The maximum Gasteiger partial charge on any atom is 0.272 e. The minimum atomic E-state index is -0.877. The van der Waals surface area contributed by atoms with Crippen molar-refractivity contribution < 1.29 is 9.59 Å². The molecule has 1 atom stereocenters. The first kappa shape index (κ1) is 17.2. The van der Waals surface area contributed by atoms with Crippen molar-refractivity contribution in [3.8, 4) is 0 Å². The van der Waals surface area contributed by atoms with Gasteiger partial charge in [0.1, 0.15) is 5.69 Å². The number of piperidine rings is 1. The van der Waals surface area contributed by atoms with Gasteiger partial charge in [0.25, 0.3) is 5.91 Å². The van der Waals surface area contributed by atoms with Crippen LogP contribution in [-0.2, 0) is 16.9 Å². The van der Waals surface area contributed by atoms with Crippen molar-refractivity contribution in [3.63, 3.8) is 0 Å². The molecule has 25 heavy (non-hydrogen) atoms. The number of carbonyl (C=O) groups excluding carboxylic acids is 2. The molecule has 2 amide bonds. The smallest absolute Gasteiger partial charge is 0.272 e. The van der Waals surface area contributed by atoms with Gasteiger partial charge >= 0.3 is 0 Å². The third-order valence-electron chi connectivity index (χ3n) is 4.77. The van der Waals surface area contributed by atoms with Crippen LogP contribution in [0.15, 0.2) is 24.5 Å². The molecule has 1 N–H and O–H groups in total. The highest BCUT2D eigenvalue weighted by molar-refractivity contribution is 5.94. The standard InChI is InChI=1S/C17H24N6O2/c1-4-22-14(11-13(2)20-22)15(24)21-9-5-7-17(12-21,16(25)18-3)23-10-6-8-19-23/h6,8,10-11H,4-5,7,9,12H2,1-3H3,(H,18,25). The molecule has 8 nitrogen and oxygen atoms in total. The molecule has 0 aliphatic carbocycles. The van der Waals surface area contributed by atoms with Gasteiger partial charge in [-0.3, -0.25) is 19.0 Å². The number of likely N-dealkylation sites (N-methyl/N-ethyl adjacent to an activating group) is 1. The predicted molar refractivity (Wildman–Crippen MR) is 92.0 cm³/mol. The number of aromatic nitrogens is 4. The van der Waals surface area contributed by atoms with E-state index < -0.39 is 5.54 Å². The summed E-state index contributed by atoms with van der Waals surface area (Å²) >= 11 is 0. The molecule has 0 bridgehead atoms. The van der Waals surface area contributed by atoms with E-state index in [2.05, 4.69) is 15.5 Å². The van der Waals surface area contributed by atoms with Gasteiger partial charge in [0.2, 0.25) is 5.91 Å². The van der Waals surface area contributed by atoms with E-state index in [1.165, 1.54) is 0 Å². The number of likely N-dealkylation sites (tertiary alicyclic amines) is 1. The molecule has 1 saturated heterocycles. The molecule has 1 fully saturated rings. The quantitative estimate of drug-likeness (QED) is 0.888. The van der Waals surface area contributed by atoms with Crippen LogP contribution in [0.4, 0.5) is 0 Å². The molecule has 8 heteroatoms. The lowest BCUT2D eigenvalue weighted by atomic mass is 9.87. The van der Waals surface area contributed by atoms with Gasteiger partial charge in [0.15, 0.2) is 5.54 Å². The molecular formula is C17H24N6O2. The molecule has 1 aliphatic rings. The summed E-state index contributed by atoms with van der Waals surface area (Å²) in [5.41, 5.74) is 0.498. The Morgan fingerprint density at radius 1 is 1.40 bits per heavy atom. The molecule has 3 rings (SSSR count). The minimum Gasteiger partial charge on any atom is -0.357 e. The van der Waals surface area contributed by atoms with Crippen molar-refractivity contribution in [2.75, 3.05) is 20.1 Å². The molecule has 0 radical (unpaired) electrons. The Balaban J connectivity index is 1.93. The Morgan fingerprint density at radius 2 is 2.20 bits per heavy atom. The fourth-order valence-corrected chi connectivity index (χ4v) is 3.56. The second-order valence-corrected chi connectivity index (χ2v) is 6.38. The van der Waals surface area contributed by atoms with E-state index >= 15 is 0 Å². The number of rotatable bonds is 4. The molecule has 2 aromatic heterocycles. The van der Waals surface area contributed by atoms with Crippen molar-refractivity contribution in [3.05, 3.63) is 35.9 Å². The Kier molecular flexibility index (Phi) is 4.61. The zero-order valence-corrected chi connectivity index (χ0v) is 14.9. The van der Waals surface area contributed by atoms with Gasteiger partial charge in [0.05, 0.1) is 12.2 Å². The summed E-state index contributed by atoms with van der Waals surface area (Å²) in [5.74, 6) is -0.225. The lowest BCUT2D eigenvalue weighted by molar-refractivity contribution is -0.132. The number of hydrogen-bond donors (Lipinski definition) is 1. The Hall–Kier alpha value is -2.64. The van der Waals surface area contributed by atoms with E-state index in [0.717, 1.165) is 12.1 Å². The van der Waals surface area contributed by atoms with E-state index in [0.29, 0.717) is 31.7 Å². The molecule has 134 valence electrons. The molecule has 3 heterocycles. The number of amides is 2. The van der Waals surface area contributed by atoms with Crippen molar-refractivity contribution in [1.82, 2.24) is 29.8 Å². The number of aryl methyl sites for hydroxylation is 2. The zero-order chi connectivity index (χ0) is 18.0. The molecule has 2 aromatic rings. The third-order valence-corrected chi connectivity index (χ3v) is 4.77. The Bertz CT molecular complexity index is 766. The highest BCUT2D eigenvalue weighted by Crippen LogP contribution is 2.29. The maximum atomic E-state index is 13.1. The third kappa shape index (κ3) is 2.92. The van der Waals surface area contributed by atoms with E-state index in [-0.39, 0.29) is 11.8 Å². The predicted octanol–water partition coefficient (Wildman–Crippen LogP) is 0.785. The van der Waals surface area contributed by atoms with Crippen LogP contribution in [0.25, 0.3) is 0 Å². The summed E-state index contributed by atoms with van der Waals surface area (Å²) < 4.78 is 3.38. The van der Waals surface area contributed by atoms with Crippen LogP contribution in [0.5, 0.6) is 0 Å². The van der Waals surface area contributed by atoms with Crippen LogP contribution >= 0.6 is 0 Å². The number of nitrogens with one attached hydrogen (secondary N) is 1. The van der Waals surface area contributed by atoms with Crippen molar-refractivity contribution in [1.29, 1.82) is 0 Å². The molecule has 1 unspecified atom stereocenters. The van der Waals surface area contributed by atoms with Gasteiger partial charge in [-0.1, -0.05) is 0 Å². The molecule has 1 aliphatic heterocycles. The lowest BCUT2D eigenvalue weighted by Crippen LogP contribution is -2.59. The molecule has 0 saturated carbocycles. The number of hydrogen-bond acceptors (Lipinski definition) is 4. The summed E-state index contributed by atoms with van der Waals surface area (Å²) in [4.78, 5) is 27.5. The summed E-state index contributed by atoms with van der Waals surface area (Å²) in [6.07, 6.45) is 4.81. The Morgan fingerprint density at radius 3 is 2.84 bits per heavy atom. The van der Waals surface area contributed by atoms with Crippen molar-refractivity contribution >= 4 is 11.8 Å². The summed E-state index contributed by atoms with van der Waals surface area (Å²) in [7, 11) is 1.61. The van der Waals surface area contributed by atoms with Crippen molar-refractivity contribution in [2.45, 2.75) is 38.8 Å². The number of nitrogens with zero attached hydrogens (tertiary/aromatic N) is 5. The first-order valence-corrected chi connectivity index (χ1v) is 8.58. The summed E-state index contributed by atoms with van der Waals surface area (Å²) in [6, 6.07) is 3.59. The lowest BCUT2D eigenvalue weighted by Gasteiger charge is -2.41. The van der Waals surface area contributed by atoms with Crippen molar-refractivity contribution in [2.24, 2.45) is 0 Å². The van der Waals surface area contributed by atoms with Crippen LogP contribution < -0.4 is 5.32 Å². The van der Waals surface area contributed by atoms with E-state index in [9.17, 15) is 9.59 Å². The fourth-order valence-electron chi connectivity index (χ4n) is 3.56. The van der Waals surface area contributed by atoms with Crippen LogP contribution in [-0.4, -0.2) is 56.4 Å². The Labute approximate surface area is 146 Å². The minimum absolute atomic E-state index is 0.0948. The average Bonchev–Trinajstić information content (AvgIpc) is 3.30. The topological polar surface area (TPSA) is 85.0 Å². The van der Waals surface area contributed by atoms with Gasteiger partial charge in [-0.2, -0.15) is 10.2 Å². The normalized spacial score (nSPS) is 20.5. The largest absolute Gasteiger partial charge is 0.357 e. The summed E-state index contributed by atoms with van der Waals surface area (Å²) in [6.45, 7) is 5.37. The fraction of sp³-hybridized carbons (Fsp3) is 0.529. The van der Waals surface area contributed by atoms with Gasteiger partial charge in [-0.25, -0.2) is 0 Å². The number of carbonyl (C=O) groups is 2. The van der Waals surface area contributed by atoms with Crippen LogP contribution in [0.2, 0.25) is 0 Å². The van der Waals surface area contributed by atoms with E-state index in [4.69, 9.17) is 0 Å². The highest BCUT2D eigenvalue weighted by Gasteiger charge is 2.45. The molecular weight excluding hydrogens is 320 g/mol. The molecule has 0 aromatic carbocycles. The van der Waals surface area contributed by atoms with Crippen LogP contribution in [0, 0.1) is 6.92 Å². The van der Waals surface area contributed by atoms with Gasteiger partial charge in [-0.15, -0.1) is 0 Å². The zero-order valence-electron chi connectivity index (χ0n) is 14.9. The second-order valence-electron chi connectivity index (χ2n) is 6.38. The van der Waals surface area contributed by atoms with Gasteiger partial charge in [0, 0.05) is 32.5 Å². The van der Waals surface area contributed by atoms with Gasteiger partial charge in [-0.05, 0) is 38.8 Å². The van der Waals surface area contributed by atoms with Crippen LogP contribution in [0.1, 0.15) is 35.9 Å². The summed E-state index contributed by atoms with van der Waals surface area (Å²) in [5, 5.41) is 11.4.